The Bertz CT molecular complexity index is 1420. The fraction of sp³-hybridized carbons (Fsp3) is 0.241. The Balaban J connectivity index is 1.22. The van der Waals surface area contributed by atoms with E-state index in [0.29, 0.717) is 39.7 Å². The van der Waals surface area contributed by atoms with Crippen LogP contribution in [0.1, 0.15) is 21.5 Å². The highest BCUT2D eigenvalue weighted by Crippen LogP contribution is 2.46. The van der Waals surface area contributed by atoms with Crippen molar-refractivity contribution < 1.29 is 9.21 Å². The predicted octanol–water partition coefficient (Wildman–Crippen LogP) is 4.63. The molecule has 2 aliphatic rings. The first kappa shape index (κ1) is 20.9. The number of nitrogens with one attached hydrogen (secondary N) is 1. The van der Waals surface area contributed by atoms with Crippen LogP contribution in [0.2, 0.25) is 0 Å². The molecule has 1 N–H and O–H groups in total. The normalized spacial score (nSPS) is 21.4. The lowest BCUT2D eigenvalue weighted by molar-refractivity contribution is 0.0943. The molecule has 5 heteroatoms. The Morgan fingerprint density at radius 1 is 0.941 bits per heavy atom. The van der Waals surface area contributed by atoms with Crippen LogP contribution in [0.3, 0.4) is 0 Å². The first-order valence-electron chi connectivity index (χ1n) is 11.8. The maximum Gasteiger partial charge on any atom is 0.255 e. The molecule has 34 heavy (non-hydrogen) atoms. The van der Waals surface area contributed by atoms with E-state index in [-0.39, 0.29) is 17.4 Å². The summed E-state index contributed by atoms with van der Waals surface area (Å²) in [6.45, 7) is 4.70. The smallest absolute Gasteiger partial charge is 0.255 e. The minimum absolute atomic E-state index is 0.102. The van der Waals surface area contributed by atoms with Crippen LogP contribution in [0.4, 0.5) is 0 Å². The van der Waals surface area contributed by atoms with Gasteiger partial charge < -0.3 is 9.73 Å². The minimum atomic E-state index is -0.175. The van der Waals surface area contributed by atoms with Crippen LogP contribution in [-0.4, -0.2) is 29.9 Å². The summed E-state index contributed by atoms with van der Waals surface area (Å²) in [5.41, 5.74) is 3.36. The molecule has 6 rings (SSSR count). The molecule has 2 fully saturated rings. The number of amides is 1. The van der Waals surface area contributed by atoms with Crippen molar-refractivity contribution in [1.29, 1.82) is 0 Å². The summed E-state index contributed by atoms with van der Waals surface area (Å²) < 4.78 is 6.22. The molecule has 3 aromatic carbocycles. The molecule has 170 valence electrons. The summed E-state index contributed by atoms with van der Waals surface area (Å²) >= 11 is 0. The maximum absolute atomic E-state index is 13.3. The van der Waals surface area contributed by atoms with Crippen molar-refractivity contribution in [1.82, 2.24) is 10.2 Å². The van der Waals surface area contributed by atoms with E-state index in [1.165, 1.54) is 5.56 Å². The summed E-state index contributed by atoms with van der Waals surface area (Å²) in [6, 6.07) is 25.5. The van der Waals surface area contributed by atoms with Gasteiger partial charge in [-0.15, -0.1) is 0 Å². The number of nitrogens with zero attached hydrogens (tertiary/aromatic N) is 1. The van der Waals surface area contributed by atoms with E-state index in [2.05, 4.69) is 34.5 Å². The van der Waals surface area contributed by atoms with Gasteiger partial charge in [0.15, 0.2) is 11.0 Å². The molecular formula is C29H26N2O3. The number of para-hydroxylation sites is 1. The first-order valence-corrected chi connectivity index (χ1v) is 11.8. The van der Waals surface area contributed by atoms with Gasteiger partial charge in [-0.1, -0.05) is 66.7 Å². The van der Waals surface area contributed by atoms with Gasteiger partial charge >= 0.3 is 0 Å². The number of hydrogen-bond acceptors (Lipinski definition) is 4. The standard InChI is InChI=1S/C29H26N2O3/c1-18-26(32)21-13-8-14-22(28(21)34-27(18)20-11-6-3-7-12-20)29(33)30-25-23-16-31(17-24(23)25)15-19-9-4-2-5-10-19/h2-14,23-25H,15-17H2,1H3,(H,30,33). The third-order valence-electron chi connectivity index (χ3n) is 7.24. The highest BCUT2D eigenvalue weighted by atomic mass is 16.3. The average molecular weight is 451 g/mol. The van der Waals surface area contributed by atoms with E-state index in [0.717, 1.165) is 25.2 Å². The van der Waals surface area contributed by atoms with Crippen molar-refractivity contribution >= 4 is 16.9 Å². The molecule has 1 aliphatic carbocycles. The SMILES string of the molecule is Cc1c(-c2ccccc2)oc2c(C(=O)NC3C4CN(Cc5ccccc5)CC43)cccc2c1=O. The fourth-order valence-corrected chi connectivity index (χ4v) is 5.38. The Morgan fingerprint density at radius 3 is 2.32 bits per heavy atom. The summed E-state index contributed by atoms with van der Waals surface area (Å²) in [5.74, 6) is 1.30. The maximum atomic E-state index is 13.3. The average Bonchev–Trinajstić information content (AvgIpc) is 3.30. The van der Waals surface area contributed by atoms with Gasteiger partial charge in [0.1, 0.15) is 5.76 Å². The van der Waals surface area contributed by atoms with Crippen LogP contribution in [0, 0.1) is 18.8 Å². The largest absolute Gasteiger partial charge is 0.455 e. The molecule has 0 bridgehead atoms. The van der Waals surface area contributed by atoms with E-state index in [1.54, 1.807) is 25.1 Å². The Morgan fingerprint density at radius 2 is 1.62 bits per heavy atom. The molecule has 2 heterocycles. The van der Waals surface area contributed by atoms with Crippen LogP contribution in [0.5, 0.6) is 0 Å². The van der Waals surface area contributed by atoms with Gasteiger partial charge in [-0.25, -0.2) is 0 Å². The Hall–Kier alpha value is -3.70. The van der Waals surface area contributed by atoms with Gasteiger partial charge in [0.2, 0.25) is 0 Å². The Labute approximate surface area is 198 Å². The van der Waals surface area contributed by atoms with Crippen LogP contribution in [0.25, 0.3) is 22.3 Å². The zero-order chi connectivity index (χ0) is 23.2. The van der Waals surface area contributed by atoms with Gasteiger partial charge in [0.25, 0.3) is 5.91 Å². The number of fused-ring (bicyclic) bond motifs is 2. The second-order valence-electron chi connectivity index (χ2n) is 9.44. The molecule has 5 nitrogen and oxygen atoms in total. The van der Waals surface area contributed by atoms with E-state index in [9.17, 15) is 9.59 Å². The van der Waals surface area contributed by atoms with Crippen LogP contribution >= 0.6 is 0 Å². The number of carbonyl (C=O) groups is 1. The van der Waals surface area contributed by atoms with Crippen molar-refractivity contribution in [2.24, 2.45) is 11.8 Å². The number of hydrogen-bond donors (Lipinski definition) is 1. The lowest BCUT2D eigenvalue weighted by atomic mass is 10.0. The Kier molecular flexibility index (Phi) is 5.07. The quantitative estimate of drug-likeness (QED) is 0.482. The topological polar surface area (TPSA) is 62.6 Å². The fourth-order valence-electron chi connectivity index (χ4n) is 5.38. The minimum Gasteiger partial charge on any atom is -0.455 e. The summed E-state index contributed by atoms with van der Waals surface area (Å²) in [6.07, 6.45) is 0. The molecule has 2 unspecified atom stereocenters. The van der Waals surface area contributed by atoms with Crippen molar-refractivity contribution in [3.63, 3.8) is 0 Å². The molecule has 0 radical (unpaired) electrons. The van der Waals surface area contributed by atoms with Crippen molar-refractivity contribution in [3.05, 3.63) is 106 Å². The van der Waals surface area contributed by atoms with E-state index >= 15 is 0 Å². The highest BCUT2D eigenvalue weighted by molar-refractivity contribution is 6.05. The molecule has 2 atom stereocenters. The third-order valence-corrected chi connectivity index (χ3v) is 7.24. The monoisotopic (exact) mass is 450 g/mol. The van der Waals surface area contributed by atoms with E-state index < -0.39 is 0 Å². The lowest BCUT2D eigenvalue weighted by Crippen LogP contribution is -2.34. The molecule has 1 aromatic heterocycles. The lowest BCUT2D eigenvalue weighted by Gasteiger charge is -2.20. The number of likely N-dealkylation sites (tertiary alicyclic amines) is 1. The zero-order valence-electron chi connectivity index (χ0n) is 19.0. The second kappa shape index (κ2) is 8.26. The number of rotatable bonds is 5. The van der Waals surface area contributed by atoms with Gasteiger partial charge in [-0.2, -0.15) is 0 Å². The van der Waals surface area contributed by atoms with Crippen LogP contribution < -0.4 is 10.7 Å². The molecule has 1 amide bonds. The van der Waals surface area contributed by atoms with Crippen LogP contribution in [-0.2, 0) is 6.54 Å². The van der Waals surface area contributed by atoms with Crippen molar-refractivity contribution in [2.45, 2.75) is 19.5 Å². The van der Waals surface area contributed by atoms with Crippen LogP contribution in [0.15, 0.2) is 88.1 Å². The number of benzene rings is 3. The first-order chi connectivity index (χ1) is 16.6. The molecular weight excluding hydrogens is 424 g/mol. The number of piperidine rings is 1. The van der Waals surface area contributed by atoms with Gasteiger partial charge in [0, 0.05) is 36.8 Å². The van der Waals surface area contributed by atoms with Gasteiger partial charge in [-0.3, -0.25) is 14.5 Å². The summed E-state index contributed by atoms with van der Waals surface area (Å²) in [4.78, 5) is 28.8. The molecule has 1 saturated carbocycles. The summed E-state index contributed by atoms with van der Waals surface area (Å²) in [7, 11) is 0. The molecule has 1 saturated heterocycles. The predicted molar refractivity (Wildman–Crippen MR) is 133 cm³/mol. The third kappa shape index (κ3) is 3.62. The summed E-state index contributed by atoms with van der Waals surface area (Å²) in [5, 5.41) is 3.65. The highest BCUT2D eigenvalue weighted by Gasteiger charge is 2.56. The zero-order valence-corrected chi connectivity index (χ0v) is 19.0. The van der Waals surface area contributed by atoms with Crippen molar-refractivity contribution in [2.75, 3.05) is 13.1 Å². The second-order valence-corrected chi connectivity index (χ2v) is 9.44. The molecule has 4 aromatic rings. The van der Waals surface area contributed by atoms with E-state index in [1.807, 2.05) is 36.4 Å². The molecule has 0 spiro atoms. The number of carbonyl (C=O) groups excluding carboxylic acids is 1. The van der Waals surface area contributed by atoms with Gasteiger partial charge in [0.05, 0.1) is 10.9 Å². The molecule has 1 aliphatic heterocycles. The van der Waals surface area contributed by atoms with Crippen molar-refractivity contribution in [3.8, 4) is 11.3 Å². The van der Waals surface area contributed by atoms with Gasteiger partial charge in [-0.05, 0) is 36.5 Å². The van der Waals surface area contributed by atoms with E-state index in [4.69, 9.17) is 4.42 Å².